The summed E-state index contributed by atoms with van der Waals surface area (Å²) in [6.07, 6.45) is 0. The van der Waals surface area contributed by atoms with Gasteiger partial charge in [-0.2, -0.15) is 9.29 Å². The number of hydrogen-bond donors (Lipinski definition) is 0. The van der Waals surface area contributed by atoms with Crippen molar-refractivity contribution in [3.63, 3.8) is 0 Å². The lowest BCUT2D eigenvalue weighted by atomic mass is 10.2. The molecular weight excluding hydrogens is 384 g/mol. The average Bonchev–Trinajstić information content (AvgIpc) is 3.12. The molecule has 9 nitrogen and oxygen atoms in total. The Morgan fingerprint density at radius 1 is 1.11 bits per heavy atom. The molecule has 0 bridgehead atoms. The van der Waals surface area contributed by atoms with Crippen LogP contribution in [0, 0.1) is 17.0 Å². The van der Waals surface area contributed by atoms with E-state index in [2.05, 4.69) is 4.98 Å². The molecule has 0 aliphatic carbocycles. The first-order chi connectivity index (χ1) is 13.4. The topological polar surface area (TPSA) is 110 Å². The Hall–Kier alpha value is -2.98. The highest BCUT2D eigenvalue weighted by molar-refractivity contribution is 7.89. The lowest BCUT2D eigenvalue weighted by molar-refractivity contribution is -0.385. The van der Waals surface area contributed by atoms with E-state index in [-0.39, 0.29) is 23.7 Å². The molecule has 0 unspecified atom stereocenters. The Bertz CT molecular complexity index is 1120. The Morgan fingerprint density at radius 2 is 1.82 bits per heavy atom. The van der Waals surface area contributed by atoms with Gasteiger partial charge in [0, 0.05) is 37.8 Å². The summed E-state index contributed by atoms with van der Waals surface area (Å²) in [6.45, 7) is 2.89. The molecule has 3 aromatic rings. The molecule has 4 rings (SSSR count). The standard InChI is InChI=1S/C18H18N4O5S/c1-13-6-7-14(12-16(13)22(23)24)28(25,26)21-10-8-20(9-11-21)18-19-15-4-2-3-5-17(15)27-18/h2-7,12H,8-11H2,1H3. The van der Waals surface area contributed by atoms with Crippen molar-refractivity contribution in [2.24, 2.45) is 0 Å². The number of para-hydroxylation sites is 2. The van der Waals surface area contributed by atoms with Gasteiger partial charge in [0.25, 0.3) is 11.7 Å². The summed E-state index contributed by atoms with van der Waals surface area (Å²) in [5.41, 5.74) is 1.65. The number of benzene rings is 2. The third-order valence-electron chi connectivity index (χ3n) is 4.81. The number of aryl methyl sites for hydroxylation is 1. The highest BCUT2D eigenvalue weighted by Gasteiger charge is 2.31. The van der Waals surface area contributed by atoms with Crippen molar-refractivity contribution in [1.82, 2.24) is 9.29 Å². The van der Waals surface area contributed by atoms with Gasteiger partial charge < -0.3 is 9.32 Å². The van der Waals surface area contributed by atoms with E-state index in [1.165, 1.54) is 16.4 Å². The fourth-order valence-corrected chi connectivity index (χ4v) is 4.65. The number of anilines is 1. The summed E-state index contributed by atoms with van der Waals surface area (Å²) in [7, 11) is -3.81. The first kappa shape index (κ1) is 18.4. The maximum Gasteiger partial charge on any atom is 0.298 e. The lowest BCUT2D eigenvalue weighted by Crippen LogP contribution is -2.48. The summed E-state index contributed by atoms with van der Waals surface area (Å²) >= 11 is 0. The molecule has 28 heavy (non-hydrogen) atoms. The third-order valence-corrected chi connectivity index (χ3v) is 6.70. The fraction of sp³-hybridized carbons (Fsp3) is 0.278. The fourth-order valence-electron chi connectivity index (χ4n) is 3.21. The number of rotatable bonds is 4. The number of sulfonamides is 1. The molecule has 10 heteroatoms. The van der Waals surface area contributed by atoms with Gasteiger partial charge in [-0.25, -0.2) is 8.42 Å². The van der Waals surface area contributed by atoms with Crippen LogP contribution in [0.15, 0.2) is 51.8 Å². The molecule has 2 heterocycles. The highest BCUT2D eigenvalue weighted by atomic mass is 32.2. The summed E-state index contributed by atoms with van der Waals surface area (Å²) in [5.74, 6) is 0. The van der Waals surface area contributed by atoms with E-state index >= 15 is 0 Å². The van der Waals surface area contributed by atoms with Crippen LogP contribution in [0.2, 0.25) is 0 Å². The summed E-state index contributed by atoms with van der Waals surface area (Å²) in [4.78, 5) is 16.8. The first-order valence-electron chi connectivity index (χ1n) is 8.72. The molecule has 0 spiro atoms. The van der Waals surface area contributed by atoms with Crippen LogP contribution in [0.4, 0.5) is 11.7 Å². The predicted octanol–water partition coefficient (Wildman–Crippen LogP) is 2.56. The number of fused-ring (bicyclic) bond motifs is 1. The SMILES string of the molecule is Cc1ccc(S(=O)(=O)N2CCN(c3nc4ccccc4o3)CC2)cc1[N+](=O)[O-]. The molecule has 1 fully saturated rings. The molecule has 0 radical (unpaired) electrons. The van der Waals surface area contributed by atoms with Crippen LogP contribution in [0.25, 0.3) is 11.1 Å². The quantitative estimate of drug-likeness (QED) is 0.487. The van der Waals surface area contributed by atoms with Crippen LogP contribution in [-0.2, 0) is 10.0 Å². The molecule has 0 atom stereocenters. The molecule has 1 aliphatic rings. The normalized spacial score (nSPS) is 15.8. The van der Waals surface area contributed by atoms with Crippen molar-refractivity contribution in [3.8, 4) is 0 Å². The number of nitro groups is 1. The van der Waals surface area contributed by atoms with E-state index in [1.54, 1.807) is 6.92 Å². The van der Waals surface area contributed by atoms with Gasteiger partial charge in [-0.3, -0.25) is 10.1 Å². The lowest BCUT2D eigenvalue weighted by Gasteiger charge is -2.33. The van der Waals surface area contributed by atoms with Crippen LogP contribution in [-0.4, -0.2) is 48.8 Å². The van der Waals surface area contributed by atoms with Crippen molar-refractivity contribution in [3.05, 3.63) is 58.1 Å². The minimum absolute atomic E-state index is 0.0693. The molecule has 146 valence electrons. The van der Waals surface area contributed by atoms with E-state index in [4.69, 9.17) is 4.42 Å². The van der Waals surface area contributed by atoms with Crippen molar-refractivity contribution < 1.29 is 17.8 Å². The highest BCUT2D eigenvalue weighted by Crippen LogP contribution is 2.27. The van der Waals surface area contributed by atoms with E-state index in [9.17, 15) is 18.5 Å². The number of aromatic nitrogens is 1. The largest absolute Gasteiger partial charge is 0.423 e. The second kappa shape index (κ2) is 6.88. The Labute approximate surface area is 161 Å². The van der Waals surface area contributed by atoms with Crippen LogP contribution in [0.1, 0.15) is 5.56 Å². The van der Waals surface area contributed by atoms with Crippen molar-refractivity contribution in [2.75, 3.05) is 31.1 Å². The Balaban J connectivity index is 1.52. The number of nitro benzene ring substituents is 1. The smallest absolute Gasteiger partial charge is 0.298 e. The van der Waals surface area contributed by atoms with Gasteiger partial charge in [-0.05, 0) is 25.1 Å². The van der Waals surface area contributed by atoms with Gasteiger partial charge in [-0.1, -0.05) is 18.2 Å². The molecule has 1 aliphatic heterocycles. The van der Waals surface area contributed by atoms with E-state index in [1.807, 2.05) is 29.2 Å². The van der Waals surface area contributed by atoms with Crippen LogP contribution < -0.4 is 4.90 Å². The molecule has 0 saturated carbocycles. The second-order valence-electron chi connectivity index (χ2n) is 6.56. The second-order valence-corrected chi connectivity index (χ2v) is 8.50. The van der Waals surface area contributed by atoms with Gasteiger partial charge in [-0.15, -0.1) is 0 Å². The molecular formula is C18H18N4O5S. The van der Waals surface area contributed by atoms with Crippen LogP contribution in [0.3, 0.4) is 0 Å². The van der Waals surface area contributed by atoms with Crippen molar-refractivity contribution in [2.45, 2.75) is 11.8 Å². The molecule has 1 aromatic heterocycles. The van der Waals surface area contributed by atoms with Crippen molar-refractivity contribution >= 4 is 32.8 Å². The molecule has 1 saturated heterocycles. The maximum absolute atomic E-state index is 12.9. The van der Waals surface area contributed by atoms with Gasteiger partial charge in [0.1, 0.15) is 5.52 Å². The zero-order valence-corrected chi connectivity index (χ0v) is 15.9. The van der Waals surface area contributed by atoms with Crippen molar-refractivity contribution in [1.29, 1.82) is 0 Å². The zero-order valence-electron chi connectivity index (χ0n) is 15.1. The number of nitrogens with zero attached hydrogens (tertiary/aromatic N) is 4. The minimum Gasteiger partial charge on any atom is -0.423 e. The Kier molecular flexibility index (Phi) is 4.52. The zero-order chi connectivity index (χ0) is 19.9. The number of piperazine rings is 1. The van der Waals surface area contributed by atoms with Crippen LogP contribution in [0.5, 0.6) is 0 Å². The van der Waals surface area contributed by atoms with Gasteiger partial charge in [0.15, 0.2) is 5.58 Å². The molecule has 2 aromatic carbocycles. The third kappa shape index (κ3) is 3.20. The molecule has 0 N–H and O–H groups in total. The van der Waals surface area contributed by atoms with Gasteiger partial charge in [0.05, 0.1) is 9.82 Å². The van der Waals surface area contributed by atoms with E-state index in [0.717, 1.165) is 11.6 Å². The molecule has 0 amide bonds. The van der Waals surface area contributed by atoms with E-state index in [0.29, 0.717) is 30.3 Å². The van der Waals surface area contributed by atoms with Gasteiger partial charge >= 0.3 is 0 Å². The minimum atomic E-state index is -3.81. The average molecular weight is 402 g/mol. The number of hydrogen-bond acceptors (Lipinski definition) is 7. The van der Waals surface area contributed by atoms with Crippen LogP contribution >= 0.6 is 0 Å². The van der Waals surface area contributed by atoms with Gasteiger partial charge in [0.2, 0.25) is 10.0 Å². The number of oxazole rings is 1. The maximum atomic E-state index is 12.9. The summed E-state index contributed by atoms with van der Waals surface area (Å²) in [5, 5.41) is 11.1. The summed E-state index contributed by atoms with van der Waals surface area (Å²) < 4.78 is 32.9. The monoisotopic (exact) mass is 402 g/mol. The Morgan fingerprint density at radius 3 is 2.50 bits per heavy atom. The first-order valence-corrected chi connectivity index (χ1v) is 10.2. The summed E-state index contributed by atoms with van der Waals surface area (Å²) in [6, 6.07) is 11.9. The van der Waals surface area contributed by atoms with E-state index < -0.39 is 14.9 Å². The predicted molar refractivity (Wildman–Crippen MR) is 103 cm³/mol.